The van der Waals surface area contributed by atoms with Crippen LogP contribution in [0.15, 0.2) is 18.2 Å². The third-order valence-corrected chi connectivity index (χ3v) is 2.71. The van der Waals surface area contributed by atoms with Crippen LogP contribution in [-0.4, -0.2) is 41.3 Å². The molecule has 1 aromatic heterocycles. The van der Waals surface area contributed by atoms with Gasteiger partial charge in [-0.3, -0.25) is 9.59 Å². The Kier molecular flexibility index (Phi) is 3.37. The number of carbonyl (C=O) groups excluding carboxylic acids is 2. The van der Waals surface area contributed by atoms with Gasteiger partial charge in [-0.1, -0.05) is 6.07 Å². The molecule has 0 saturated carbocycles. The van der Waals surface area contributed by atoms with Crippen LogP contribution in [0.3, 0.4) is 0 Å². The lowest BCUT2D eigenvalue weighted by atomic mass is 10.2. The van der Waals surface area contributed by atoms with Crippen molar-refractivity contribution in [2.24, 2.45) is 0 Å². The molecule has 0 bridgehead atoms. The van der Waals surface area contributed by atoms with E-state index in [1.807, 2.05) is 19.1 Å². The highest BCUT2D eigenvalue weighted by Gasteiger charge is 2.20. The fraction of sp³-hybridized carbons (Fsp3) is 0.417. The summed E-state index contributed by atoms with van der Waals surface area (Å²) in [6.45, 7) is 3.36. The number of hydrogen-bond donors (Lipinski definition) is 1. The van der Waals surface area contributed by atoms with Gasteiger partial charge in [-0.25, -0.2) is 4.98 Å². The SMILES string of the molecule is Cc1cccc(C(=O)N2CCNC(=O)CC2)n1. The van der Waals surface area contributed by atoms with Crippen molar-refractivity contribution in [1.82, 2.24) is 15.2 Å². The van der Waals surface area contributed by atoms with Crippen molar-refractivity contribution in [2.75, 3.05) is 19.6 Å². The minimum absolute atomic E-state index is 0.00231. The fourth-order valence-corrected chi connectivity index (χ4v) is 1.79. The number of hydrogen-bond acceptors (Lipinski definition) is 3. The molecule has 0 atom stereocenters. The van der Waals surface area contributed by atoms with Crippen LogP contribution < -0.4 is 5.32 Å². The van der Waals surface area contributed by atoms with Gasteiger partial charge in [0.25, 0.3) is 5.91 Å². The molecule has 17 heavy (non-hydrogen) atoms. The van der Waals surface area contributed by atoms with Crippen LogP contribution in [0.1, 0.15) is 22.6 Å². The number of amides is 2. The van der Waals surface area contributed by atoms with Gasteiger partial charge in [0.05, 0.1) is 0 Å². The summed E-state index contributed by atoms with van der Waals surface area (Å²) in [5, 5.41) is 2.74. The second-order valence-electron chi connectivity index (χ2n) is 4.06. The fourth-order valence-electron chi connectivity index (χ4n) is 1.79. The summed E-state index contributed by atoms with van der Waals surface area (Å²) in [5.41, 5.74) is 1.26. The van der Waals surface area contributed by atoms with E-state index in [-0.39, 0.29) is 11.8 Å². The summed E-state index contributed by atoms with van der Waals surface area (Å²) in [6, 6.07) is 5.37. The zero-order valence-electron chi connectivity index (χ0n) is 9.77. The van der Waals surface area contributed by atoms with Crippen molar-refractivity contribution in [1.29, 1.82) is 0 Å². The first-order chi connectivity index (χ1) is 8.16. The number of nitrogens with zero attached hydrogens (tertiary/aromatic N) is 2. The van der Waals surface area contributed by atoms with Crippen molar-refractivity contribution in [3.8, 4) is 0 Å². The summed E-state index contributed by atoms with van der Waals surface area (Å²) in [5.74, 6) is -0.109. The zero-order valence-corrected chi connectivity index (χ0v) is 9.77. The van der Waals surface area contributed by atoms with Crippen LogP contribution in [0, 0.1) is 6.92 Å². The van der Waals surface area contributed by atoms with Crippen molar-refractivity contribution in [2.45, 2.75) is 13.3 Å². The molecule has 5 heteroatoms. The first-order valence-corrected chi connectivity index (χ1v) is 5.66. The van der Waals surface area contributed by atoms with E-state index in [0.717, 1.165) is 5.69 Å². The van der Waals surface area contributed by atoms with E-state index in [1.54, 1.807) is 11.0 Å². The van der Waals surface area contributed by atoms with Crippen LogP contribution in [0.5, 0.6) is 0 Å². The highest BCUT2D eigenvalue weighted by molar-refractivity contribution is 5.92. The molecule has 1 aromatic rings. The van der Waals surface area contributed by atoms with Crippen molar-refractivity contribution in [3.05, 3.63) is 29.6 Å². The molecule has 1 aliphatic rings. The highest BCUT2D eigenvalue weighted by atomic mass is 16.2. The molecule has 0 spiro atoms. The van der Waals surface area contributed by atoms with E-state index in [4.69, 9.17) is 0 Å². The predicted octanol–water partition coefficient (Wildman–Crippen LogP) is 0.352. The van der Waals surface area contributed by atoms with E-state index in [0.29, 0.717) is 31.7 Å². The molecule has 90 valence electrons. The number of nitrogens with one attached hydrogen (secondary N) is 1. The van der Waals surface area contributed by atoms with Gasteiger partial charge in [0, 0.05) is 31.7 Å². The van der Waals surface area contributed by atoms with Gasteiger partial charge in [0.15, 0.2) is 0 Å². The largest absolute Gasteiger partial charge is 0.354 e. The monoisotopic (exact) mass is 233 g/mol. The minimum atomic E-state index is -0.106. The average Bonchev–Trinajstić information content (AvgIpc) is 2.53. The van der Waals surface area contributed by atoms with Gasteiger partial charge in [0.1, 0.15) is 5.69 Å². The molecule has 2 amide bonds. The summed E-state index contributed by atoms with van der Waals surface area (Å²) >= 11 is 0. The number of pyridine rings is 1. The van der Waals surface area contributed by atoms with Gasteiger partial charge in [0.2, 0.25) is 5.91 Å². The molecule has 1 aliphatic heterocycles. The van der Waals surface area contributed by atoms with E-state index < -0.39 is 0 Å². The normalized spacial score (nSPS) is 16.3. The van der Waals surface area contributed by atoms with Crippen LogP contribution in [-0.2, 0) is 4.79 Å². The first-order valence-electron chi connectivity index (χ1n) is 5.66. The average molecular weight is 233 g/mol. The summed E-state index contributed by atoms with van der Waals surface area (Å²) < 4.78 is 0. The summed E-state index contributed by atoms with van der Waals surface area (Å²) in [6.07, 6.45) is 0.359. The predicted molar refractivity (Wildman–Crippen MR) is 62.5 cm³/mol. The molecular formula is C12H15N3O2. The standard InChI is InChI=1S/C12H15N3O2/c1-9-3-2-4-10(14-9)12(17)15-7-5-11(16)13-6-8-15/h2-4H,5-8H2,1H3,(H,13,16). The van der Waals surface area contributed by atoms with Crippen LogP contribution in [0.25, 0.3) is 0 Å². The van der Waals surface area contributed by atoms with E-state index in [1.165, 1.54) is 0 Å². The van der Waals surface area contributed by atoms with E-state index in [9.17, 15) is 9.59 Å². The maximum absolute atomic E-state index is 12.1. The van der Waals surface area contributed by atoms with Gasteiger partial charge >= 0.3 is 0 Å². The summed E-state index contributed by atoms with van der Waals surface area (Å²) in [7, 11) is 0. The third kappa shape index (κ3) is 2.81. The van der Waals surface area contributed by atoms with Crippen LogP contribution in [0.4, 0.5) is 0 Å². The van der Waals surface area contributed by atoms with Gasteiger partial charge < -0.3 is 10.2 Å². The molecule has 0 aliphatic carbocycles. The Labute approximate surface area is 99.8 Å². The van der Waals surface area contributed by atoms with E-state index in [2.05, 4.69) is 10.3 Å². The number of aromatic nitrogens is 1. The molecule has 0 aromatic carbocycles. The topological polar surface area (TPSA) is 62.3 Å². The molecule has 2 rings (SSSR count). The van der Waals surface area contributed by atoms with Crippen molar-refractivity contribution >= 4 is 11.8 Å². The molecule has 0 unspecified atom stereocenters. The second-order valence-corrected chi connectivity index (χ2v) is 4.06. The first kappa shape index (κ1) is 11.6. The lowest BCUT2D eigenvalue weighted by molar-refractivity contribution is -0.120. The Hall–Kier alpha value is -1.91. The number of carbonyl (C=O) groups is 2. The number of aryl methyl sites for hydroxylation is 1. The quantitative estimate of drug-likeness (QED) is 0.761. The van der Waals surface area contributed by atoms with Crippen LogP contribution >= 0.6 is 0 Å². The molecule has 1 saturated heterocycles. The van der Waals surface area contributed by atoms with Crippen molar-refractivity contribution in [3.63, 3.8) is 0 Å². The zero-order chi connectivity index (χ0) is 12.3. The maximum Gasteiger partial charge on any atom is 0.272 e. The van der Waals surface area contributed by atoms with Crippen LogP contribution in [0.2, 0.25) is 0 Å². The molecule has 2 heterocycles. The Morgan fingerprint density at radius 3 is 3.00 bits per heavy atom. The maximum atomic E-state index is 12.1. The summed E-state index contributed by atoms with van der Waals surface area (Å²) in [4.78, 5) is 29.2. The highest BCUT2D eigenvalue weighted by Crippen LogP contribution is 2.05. The Morgan fingerprint density at radius 2 is 2.24 bits per heavy atom. The molecule has 1 N–H and O–H groups in total. The lowest BCUT2D eigenvalue weighted by Gasteiger charge is -2.18. The Morgan fingerprint density at radius 1 is 1.41 bits per heavy atom. The Balaban J connectivity index is 2.11. The Bertz CT molecular complexity index is 445. The molecule has 0 radical (unpaired) electrons. The molecular weight excluding hydrogens is 218 g/mol. The smallest absolute Gasteiger partial charge is 0.272 e. The lowest BCUT2D eigenvalue weighted by Crippen LogP contribution is -2.34. The second kappa shape index (κ2) is 4.95. The molecule has 1 fully saturated rings. The molecule has 5 nitrogen and oxygen atoms in total. The minimum Gasteiger partial charge on any atom is -0.354 e. The van der Waals surface area contributed by atoms with Gasteiger partial charge in [-0.2, -0.15) is 0 Å². The number of rotatable bonds is 1. The van der Waals surface area contributed by atoms with E-state index >= 15 is 0 Å². The van der Waals surface area contributed by atoms with Crippen molar-refractivity contribution < 1.29 is 9.59 Å². The van der Waals surface area contributed by atoms with Gasteiger partial charge in [-0.15, -0.1) is 0 Å². The third-order valence-electron chi connectivity index (χ3n) is 2.71. The van der Waals surface area contributed by atoms with Gasteiger partial charge in [-0.05, 0) is 19.1 Å².